The molecule has 0 saturated carbocycles. The Kier molecular flexibility index (Phi) is 6.23. The van der Waals surface area contributed by atoms with Crippen LogP contribution in [0.25, 0.3) is 6.08 Å². The summed E-state index contributed by atoms with van der Waals surface area (Å²) in [6, 6.07) is 24.3. The number of ether oxygens (including phenoxy) is 1. The molecular formula is C35H29N3O4. The number of pyridine rings is 1. The molecule has 1 amide bonds. The molecule has 42 heavy (non-hydrogen) atoms. The Morgan fingerprint density at radius 3 is 2.57 bits per heavy atom. The van der Waals surface area contributed by atoms with Crippen molar-refractivity contribution in [2.45, 2.75) is 30.8 Å². The summed E-state index contributed by atoms with van der Waals surface area (Å²) in [5.41, 5.74) is 2.55. The quantitative estimate of drug-likeness (QED) is 0.288. The molecule has 0 unspecified atom stereocenters. The Morgan fingerprint density at radius 2 is 1.74 bits per heavy atom. The van der Waals surface area contributed by atoms with Gasteiger partial charge in [0.1, 0.15) is 17.2 Å². The number of hydrogen-bond acceptors (Lipinski definition) is 6. The van der Waals surface area contributed by atoms with Crippen molar-refractivity contribution in [3.8, 4) is 5.75 Å². The van der Waals surface area contributed by atoms with E-state index >= 15 is 0 Å². The monoisotopic (exact) mass is 555 g/mol. The van der Waals surface area contributed by atoms with Crippen molar-refractivity contribution in [1.29, 1.82) is 0 Å². The second kappa shape index (κ2) is 10.1. The van der Waals surface area contributed by atoms with Gasteiger partial charge in [0, 0.05) is 29.8 Å². The number of fused-ring (bicyclic) bond motifs is 6. The van der Waals surface area contributed by atoms with Crippen molar-refractivity contribution in [3.63, 3.8) is 0 Å². The van der Waals surface area contributed by atoms with Gasteiger partial charge in [0.2, 0.25) is 5.91 Å². The summed E-state index contributed by atoms with van der Waals surface area (Å²) in [5.74, 6) is -1.46. The van der Waals surface area contributed by atoms with Crippen LogP contribution in [0.15, 0.2) is 104 Å². The third-order valence-corrected chi connectivity index (χ3v) is 8.68. The van der Waals surface area contributed by atoms with E-state index < -0.39 is 23.4 Å². The van der Waals surface area contributed by atoms with Gasteiger partial charge in [0.05, 0.1) is 24.1 Å². The predicted octanol–water partition coefficient (Wildman–Crippen LogP) is 5.85. The fourth-order valence-electron chi connectivity index (χ4n) is 7.02. The van der Waals surface area contributed by atoms with E-state index in [4.69, 9.17) is 4.74 Å². The Balaban J connectivity index is 1.52. The predicted molar refractivity (Wildman–Crippen MR) is 159 cm³/mol. The van der Waals surface area contributed by atoms with Gasteiger partial charge in [0.25, 0.3) is 0 Å². The molecule has 0 radical (unpaired) electrons. The molecule has 7 rings (SSSR count). The number of aromatic nitrogens is 1. The highest BCUT2D eigenvalue weighted by atomic mass is 16.5. The minimum Gasteiger partial charge on any atom is -0.493 e. The highest BCUT2D eigenvalue weighted by Crippen LogP contribution is 2.62. The standard InChI is InChI=1S/C35H29N3O4/c1-2-20-42-28-16-8-5-13-25(28)32(40)30-29(31(39)23-11-9-18-36-21-23)35(26-14-6-7-15-27(26)37-34(35)41)33-24-12-4-3-10-22(24)17-19-38(30)33/h3-19,21,29-30,33H,2,20H2,1H3,(H,37,41)/t29-,30-,33+,35+/m0/s1. The second-order valence-corrected chi connectivity index (χ2v) is 10.9. The molecule has 1 spiro atoms. The lowest BCUT2D eigenvalue weighted by Crippen LogP contribution is -2.49. The molecule has 4 heterocycles. The first-order valence-corrected chi connectivity index (χ1v) is 14.2. The molecule has 1 fully saturated rings. The van der Waals surface area contributed by atoms with Crippen LogP contribution in [-0.2, 0) is 10.2 Å². The van der Waals surface area contributed by atoms with Crippen molar-refractivity contribution in [2.24, 2.45) is 5.92 Å². The van der Waals surface area contributed by atoms with Gasteiger partial charge < -0.3 is 15.0 Å². The lowest BCUT2D eigenvalue weighted by molar-refractivity contribution is -0.122. The van der Waals surface area contributed by atoms with Crippen molar-refractivity contribution in [2.75, 3.05) is 11.9 Å². The minimum atomic E-state index is -1.38. The largest absolute Gasteiger partial charge is 0.493 e. The summed E-state index contributed by atoms with van der Waals surface area (Å²) in [6.07, 6.45) is 7.72. The second-order valence-electron chi connectivity index (χ2n) is 10.9. The summed E-state index contributed by atoms with van der Waals surface area (Å²) < 4.78 is 6.00. The number of rotatable bonds is 7. The molecule has 208 valence electrons. The number of Topliss-reactive ketones (excluding diaryl/α,β-unsaturated/α-hetero) is 2. The third kappa shape index (κ3) is 3.66. The van der Waals surface area contributed by atoms with Gasteiger partial charge in [-0.1, -0.05) is 61.5 Å². The zero-order valence-electron chi connectivity index (χ0n) is 23.1. The Hall–Kier alpha value is -5.04. The number of amides is 1. The number of carbonyl (C=O) groups is 3. The van der Waals surface area contributed by atoms with Gasteiger partial charge in [-0.25, -0.2) is 0 Å². The van der Waals surface area contributed by atoms with E-state index in [9.17, 15) is 14.4 Å². The molecule has 0 aliphatic carbocycles. The van der Waals surface area contributed by atoms with E-state index in [0.29, 0.717) is 34.7 Å². The number of benzene rings is 3. The van der Waals surface area contributed by atoms with Crippen LogP contribution in [0.1, 0.15) is 56.8 Å². The summed E-state index contributed by atoms with van der Waals surface area (Å²) in [5, 5.41) is 3.08. The average molecular weight is 556 g/mol. The van der Waals surface area contributed by atoms with E-state index in [1.54, 1.807) is 36.5 Å². The Bertz CT molecular complexity index is 1750. The first kappa shape index (κ1) is 25.9. The van der Waals surface area contributed by atoms with Crippen LogP contribution < -0.4 is 10.1 Å². The lowest BCUT2D eigenvalue weighted by Gasteiger charge is -2.38. The lowest BCUT2D eigenvalue weighted by atomic mass is 9.62. The molecule has 7 heteroatoms. The maximum atomic E-state index is 14.8. The Labute approximate surface area is 243 Å². The molecule has 4 atom stereocenters. The molecule has 0 bridgehead atoms. The van der Waals surface area contributed by atoms with Gasteiger partial charge in [-0.3, -0.25) is 19.4 Å². The first-order chi connectivity index (χ1) is 20.6. The highest BCUT2D eigenvalue weighted by molar-refractivity contribution is 6.17. The fourth-order valence-corrected chi connectivity index (χ4v) is 7.02. The molecule has 3 aliphatic rings. The number of para-hydroxylation sites is 2. The van der Waals surface area contributed by atoms with Crippen molar-refractivity contribution >= 4 is 29.2 Å². The summed E-state index contributed by atoms with van der Waals surface area (Å²) in [4.78, 5) is 50.3. The molecule has 4 aromatic rings. The van der Waals surface area contributed by atoms with Crippen LogP contribution in [-0.4, -0.2) is 40.0 Å². The van der Waals surface area contributed by atoms with E-state index in [1.165, 1.54) is 6.20 Å². The molecule has 1 aromatic heterocycles. The van der Waals surface area contributed by atoms with Gasteiger partial charge in [0.15, 0.2) is 11.6 Å². The molecule has 1 saturated heterocycles. The van der Waals surface area contributed by atoms with Crippen molar-refractivity contribution in [3.05, 3.63) is 131 Å². The van der Waals surface area contributed by atoms with Crippen LogP contribution in [0, 0.1) is 5.92 Å². The number of nitrogens with one attached hydrogen (secondary N) is 1. The zero-order valence-corrected chi connectivity index (χ0v) is 23.1. The van der Waals surface area contributed by atoms with Crippen LogP contribution >= 0.6 is 0 Å². The number of hydrogen-bond donors (Lipinski definition) is 1. The molecule has 7 nitrogen and oxygen atoms in total. The SMILES string of the molecule is CCCOc1ccccc1C(=O)[C@@H]1[C@@H](C(=O)c2cccnc2)[C@@]2(C(=O)Nc3ccccc32)[C@H]2c3ccccc3C=CN12. The Morgan fingerprint density at radius 1 is 0.952 bits per heavy atom. The van der Waals surface area contributed by atoms with Crippen LogP contribution in [0.2, 0.25) is 0 Å². The average Bonchev–Trinajstić information content (AvgIpc) is 3.52. The summed E-state index contributed by atoms with van der Waals surface area (Å²) >= 11 is 0. The fraction of sp³-hybridized carbons (Fsp3) is 0.200. The molecule has 3 aliphatic heterocycles. The topological polar surface area (TPSA) is 88.6 Å². The highest BCUT2D eigenvalue weighted by Gasteiger charge is 2.70. The van der Waals surface area contributed by atoms with Crippen LogP contribution in [0.3, 0.4) is 0 Å². The van der Waals surface area contributed by atoms with E-state index in [-0.39, 0.29) is 17.5 Å². The van der Waals surface area contributed by atoms with E-state index in [1.807, 2.05) is 78.7 Å². The van der Waals surface area contributed by atoms with Gasteiger partial charge >= 0.3 is 0 Å². The number of nitrogens with zero attached hydrogens (tertiary/aromatic N) is 2. The maximum Gasteiger partial charge on any atom is 0.238 e. The van der Waals surface area contributed by atoms with E-state index in [2.05, 4.69) is 10.3 Å². The van der Waals surface area contributed by atoms with Crippen LogP contribution in [0.4, 0.5) is 5.69 Å². The summed E-state index contributed by atoms with van der Waals surface area (Å²) in [7, 11) is 0. The first-order valence-electron chi connectivity index (χ1n) is 14.2. The molecule has 1 N–H and O–H groups in total. The third-order valence-electron chi connectivity index (χ3n) is 8.68. The van der Waals surface area contributed by atoms with Crippen molar-refractivity contribution < 1.29 is 19.1 Å². The maximum absolute atomic E-state index is 14.8. The van der Waals surface area contributed by atoms with Gasteiger partial charge in [-0.15, -0.1) is 0 Å². The normalized spacial score (nSPS) is 23.2. The van der Waals surface area contributed by atoms with Crippen LogP contribution in [0.5, 0.6) is 5.75 Å². The van der Waals surface area contributed by atoms with Crippen molar-refractivity contribution in [1.82, 2.24) is 9.88 Å². The summed E-state index contributed by atoms with van der Waals surface area (Å²) in [6.45, 7) is 2.46. The van der Waals surface area contributed by atoms with Gasteiger partial charge in [-0.05, 0) is 59.5 Å². The van der Waals surface area contributed by atoms with Gasteiger partial charge in [-0.2, -0.15) is 0 Å². The number of anilines is 1. The molecular weight excluding hydrogens is 526 g/mol. The molecule has 3 aromatic carbocycles. The van der Waals surface area contributed by atoms with E-state index in [0.717, 1.165) is 17.5 Å². The number of ketones is 2. The zero-order chi connectivity index (χ0) is 28.8. The minimum absolute atomic E-state index is 0.271. The number of carbonyl (C=O) groups excluding carboxylic acids is 3. The smallest absolute Gasteiger partial charge is 0.238 e.